The molecule has 3 aromatic rings. The Kier molecular flexibility index (Phi) is 8.89. The Morgan fingerprint density at radius 1 is 1.22 bits per heavy atom. The van der Waals surface area contributed by atoms with E-state index in [9.17, 15) is 9.59 Å². The van der Waals surface area contributed by atoms with Crippen molar-refractivity contribution in [1.29, 1.82) is 0 Å². The van der Waals surface area contributed by atoms with Crippen LogP contribution < -0.4 is 10.1 Å². The lowest BCUT2D eigenvalue weighted by atomic mass is 10.0. The smallest absolute Gasteiger partial charge is 0.257 e. The maximum Gasteiger partial charge on any atom is 0.257 e. The number of benzene rings is 1. The van der Waals surface area contributed by atoms with Crippen molar-refractivity contribution in [2.75, 3.05) is 39.6 Å². The Hall–Kier alpha value is -3.30. The van der Waals surface area contributed by atoms with E-state index < -0.39 is 0 Å². The van der Waals surface area contributed by atoms with Gasteiger partial charge in [0.05, 0.1) is 28.9 Å². The third-order valence-corrected chi connectivity index (χ3v) is 7.75. The zero-order chi connectivity index (χ0) is 26.4. The summed E-state index contributed by atoms with van der Waals surface area (Å²) in [7, 11) is 5.56. The second-order valence-electron chi connectivity index (χ2n) is 9.48. The second kappa shape index (κ2) is 12.3. The molecule has 9 heteroatoms. The van der Waals surface area contributed by atoms with E-state index in [4.69, 9.17) is 9.72 Å². The van der Waals surface area contributed by atoms with Crippen LogP contribution >= 0.6 is 11.3 Å². The molecule has 0 aliphatic carbocycles. The van der Waals surface area contributed by atoms with Crippen molar-refractivity contribution >= 4 is 28.8 Å². The number of amides is 2. The molecule has 0 bridgehead atoms. The molecule has 8 nitrogen and oxygen atoms in total. The number of carbonyl (C=O) groups is 2. The SMILES string of the molecule is CCCCC(=O)Nc1csc(-c2ccnc(-c3ccc(C(=O)N(C)C4CCN(C)CC4)c(OC)c3)n2)c1. The number of aromatic nitrogens is 2. The summed E-state index contributed by atoms with van der Waals surface area (Å²) in [4.78, 5) is 39.6. The highest BCUT2D eigenvalue weighted by Crippen LogP contribution is 2.31. The molecule has 37 heavy (non-hydrogen) atoms. The van der Waals surface area contributed by atoms with Crippen LogP contribution in [-0.4, -0.2) is 71.9 Å². The Bertz CT molecular complexity index is 1240. The zero-order valence-electron chi connectivity index (χ0n) is 22.0. The molecule has 0 atom stereocenters. The lowest BCUT2D eigenvalue weighted by molar-refractivity contribution is -0.116. The van der Waals surface area contributed by atoms with Crippen LogP contribution in [0.25, 0.3) is 22.0 Å². The summed E-state index contributed by atoms with van der Waals surface area (Å²) < 4.78 is 5.62. The van der Waals surface area contributed by atoms with Crippen molar-refractivity contribution in [3.05, 3.63) is 47.5 Å². The highest BCUT2D eigenvalue weighted by Gasteiger charge is 2.26. The fourth-order valence-electron chi connectivity index (χ4n) is 4.48. The Morgan fingerprint density at radius 3 is 2.73 bits per heavy atom. The fraction of sp³-hybridized carbons (Fsp3) is 0.429. The number of likely N-dealkylation sites (tertiary alicyclic amines) is 1. The molecule has 0 radical (unpaired) electrons. The average Bonchev–Trinajstić information content (AvgIpc) is 3.39. The lowest BCUT2D eigenvalue weighted by Crippen LogP contribution is -2.44. The van der Waals surface area contributed by atoms with Gasteiger partial charge in [0.25, 0.3) is 5.91 Å². The predicted octanol–water partition coefficient (Wildman–Crippen LogP) is 5.18. The van der Waals surface area contributed by atoms with Gasteiger partial charge in [0.2, 0.25) is 5.91 Å². The van der Waals surface area contributed by atoms with Crippen molar-refractivity contribution in [2.24, 2.45) is 0 Å². The first-order chi connectivity index (χ1) is 17.9. The van der Waals surface area contributed by atoms with Crippen LogP contribution in [0, 0.1) is 0 Å². The topological polar surface area (TPSA) is 87.7 Å². The second-order valence-corrected chi connectivity index (χ2v) is 10.4. The molecule has 1 N–H and O–H groups in total. The molecule has 0 unspecified atom stereocenters. The van der Waals surface area contributed by atoms with E-state index in [0.29, 0.717) is 23.6 Å². The Labute approximate surface area is 222 Å². The molecule has 2 amide bonds. The molecular weight excluding hydrogens is 486 g/mol. The van der Waals surface area contributed by atoms with Gasteiger partial charge in [0.1, 0.15) is 5.75 Å². The van der Waals surface area contributed by atoms with Gasteiger partial charge in [0.15, 0.2) is 5.82 Å². The summed E-state index contributed by atoms with van der Waals surface area (Å²) in [6.07, 6.45) is 6.03. The molecule has 0 saturated carbocycles. The number of nitrogens with one attached hydrogen (secondary N) is 1. The zero-order valence-corrected chi connectivity index (χ0v) is 22.8. The van der Waals surface area contributed by atoms with Crippen LogP contribution in [0.2, 0.25) is 0 Å². The van der Waals surface area contributed by atoms with Crippen molar-refractivity contribution < 1.29 is 14.3 Å². The van der Waals surface area contributed by atoms with E-state index in [0.717, 1.165) is 60.6 Å². The first kappa shape index (κ1) is 26.8. The number of hydrogen-bond acceptors (Lipinski definition) is 7. The van der Waals surface area contributed by atoms with Crippen molar-refractivity contribution in [3.63, 3.8) is 0 Å². The summed E-state index contributed by atoms with van der Waals surface area (Å²) in [5.74, 6) is 1.03. The first-order valence-electron chi connectivity index (χ1n) is 12.8. The summed E-state index contributed by atoms with van der Waals surface area (Å²) in [6, 6.07) is 9.49. The van der Waals surface area contributed by atoms with Gasteiger partial charge in [-0.3, -0.25) is 9.59 Å². The maximum atomic E-state index is 13.3. The number of nitrogens with zero attached hydrogens (tertiary/aromatic N) is 4. The number of hydrogen-bond donors (Lipinski definition) is 1. The first-order valence-corrected chi connectivity index (χ1v) is 13.6. The van der Waals surface area contributed by atoms with Gasteiger partial charge >= 0.3 is 0 Å². The van der Waals surface area contributed by atoms with E-state index in [-0.39, 0.29) is 17.9 Å². The minimum atomic E-state index is -0.0419. The highest BCUT2D eigenvalue weighted by atomic mass is 32.1. The predicted molar refractivity (Wildman–Crippen MR) is 148 cm³/mol. The van der Waals surface area contributed by atoms with Crippen molar-refractivity contribution in [2.45, 2.75) is 45.1 Å². The summed E-state index contributed by atoms with van der Waals surface area (Å²) in [6.45, 7) is 4.05. The van der Waals surface area contributed by atoms with Crippen LogP contribution in [0.15, 0.2) is 41.9 Å². The van der Waals surface area contributed by atoms with Crippen LogP contribution in [0.3, 0.4) is 0 Å². The van der Waals surface area contributed by atoms with Crippen molar-refractivity contribution in [1.82, 2.24) is 19.8 Å². The number of methoxy groups -OCH3 is 1. The van der Waals surface area contributed by atoms with Gasteiger partial charge in [-0.1, -0.05) is 19.4 Å². The van der Waals surface area contributed by atoms with Crippen molar-refractivity contribution in [3.8, 4) is 27.7 Å². The van der Waals surface area contributed by atoms with E-state index >= 15 is 0 Å². The van der Waals surface area contributed by atoms with E-state index in [1.165, 1.54) is 11.3 Å². The number of thiophene rings is 1. The number of rotatable bonds is 9. The highest BCUT2D eigenvalue weighted by molar-refractivity contribution is 7.14. The lowest BCUT2D eigenvalue weighted by Gasteiger charge is -2.35. The molecule has 1 saturated heterocycles. The minimum absolute atomic E-state index is 0.0257. The van der Waals surface area contributed by atoms with Gasteiger partial charge in [-0.2, -0.15) is 0 Å². The van der Waals surface area contributed by atoms with Crippen LogP contribution in [-0.2, 0) is 4.79 Å². The molecule has 1 aliphatic heterocycles. The van der Waals surface area contributed by atoms with Gasteiger partial charge < -0.3 is 19.9 Å². The number of carbonyl (C=O) groups excluding carboxylic acids is 2. The summed E-state index contributed by atoms with van der Waals surface area (Å²) in [5.41, 5.74) is 2.84. The van der Waals surface area contributed by atoms with Gasteiger partial charge in [-0.25, -0.2) is 9.97 Å². The summed E-state index contributed by atoms with van der Waals surface area (Å²) in [5, 5.41) is 4.88. The van der Waals surface area contributed by atoms with Gasteiger partial charge in [0, 0.05) is 36.7 Å². The molecule has 2 aromatic heterocycles. The molecular formula is C28H35N5O3S. The van der Waals surface area contributed by atoms with Crippen LogP contribution in [0.4, 0.5) is 5.69 Å². The largest absolute Gasteiger partial charge is 0.496 e. The molecule has 3 heterocycles. The molecule has 1 aromatic carbocycles. The minimum Gasteiger partial charge on any atom is -0.496 e. The number of ether oxygens (including phenoxy) is 1. The third kappa shape index (κ3) is 6.53. The van der Waals surface area contributed by atoms with E-state index in [2.05, 4.69) is 29.2 Å². The van der Waals surface area contributed by atoms with Gasteiger partial charge in [-0.15, -0.1) is 11.3 Å². The van der Waals surface area contributed by atoms with E-state index in [1.54, 1.807) is 19.4 Å². The molecule has 1 fully saturated rings. The van der Waals surface area contributed by atoms with E-state index in [1.807, 2.05) is 41.6 Å². The Morgan fingerprint density at radius 2 is 2.00 bits per heavy atom. The third-order valence-electron chi connectivity index (χ3n) is 6.79. The van der Waals surface area contributed by atoms with Gasteiger partial charge in [-0.05, 0) is 63.7 Å². The quantitative estimate of drug-likeness (QED) is 0.418. The van der Waals surface area contributed by atoms with Crippen LogP contribution in [0.1, 0.15) is 49.4 Å². The normalized spacial score (nSPS) is 14.4. The average molecular weight is 522 g/mol. The molecule has 1 aliphatic rings. The number of unbranched alkanes of at least 4 members (excludes halogenated alkanes) is 1. The maximum absolute atomic E-state index is 13.3. The van der Waals surface area contributed by atoms with Crippen LogP contribution in [0.5, 0.6) is 5.75 Å². The number of piperidine rings is 1. The Balaban J connectivity index is 1.51. The monoisotopic (exact) mass is 521 g/mol. The fourth-order valence-corrected chi connectivity index (χ4v) is 5.29. The number of anilines is 1. The molecule has 4 rings (SSSR count). The summed E-state index contributed by atoms with van der Waals surface area (Å²) >= 11 is 1.52. The molecule has 196 valence electrons. The standard InChI is InChI=1S/C28H35N5O3S/c1-5-6-7-26(34)30-20-17-25(37-18-20)23-10-13-29-27(31-23)19-8-9-22(24(16-19)36-4)28(35)33(3)21-11-14-32(2)15-12-21/h8-10,13,16-18,21H,5-7,11-12,14-15H2,1-4H3,(H,30,34). The molecule has 0 spiro atoms.